The predicted octanol–water partition coefficient (Wildman–Crippen LogP) is 3.30. The van der Waals surface area contributed by atoms with Crippen molar-refractivity contribution in [1.82, 2.24) is 24.5 Å². The Bertz CT molecular complexity index is 1010. The number of aromatic nitrogens is 2. The summed E-state index contributed by atoms with van der Waals surface area (Å²) in [4.78, 5) is 34.4. The molecule has 33 heavy (non-hydrogen) atoms. The molecule has 6 rings (SSSR count). The smallest absolute Gasteiger partial charge is 0.273 e. The molecule has 2 aromatic rings. The topological polar surface area (TPSA) is 70.0 Å². The summed E-state index contributed by atoms with van der Waals surface area (Å²) in [5.74, 6) is 2.42. The van der Waals surface area contributed by atoms with Crippen LogP contribution in [0, 0.1) is 23.2 Å². The average molecular weight is 452 g/mol. The molecule has 2 amide bonds. The Balaban J connectivity index is 1.27. The van der Waals surface area contributed by atoms with Gasteiger partial charge in [0.25, 0.3) is 11.8 Å². The Morgan fingerprint density at radius 3 is 2.36 bits per heavy atom. The zero-order chi connectivity index (χ0) is 23.2. The lowest BCUT2D eigenvalue weighted by Gasteiger charge is -2.56. The van der Waals surface area contributed by atoms with Crippen LogP contribution in [0.2, 0.25) is 0 Å². The Morgan fingerprint density at radius 2 is 1.73 bits per heavy atom. The van der Waals surface area contributed by atoms with Crippen LogP contribution in [0.5, 0.6) is 0 Å². The number of rotatable bonds is 8. The third kappa shape index (κ3) is 4.52. The Morgan fingerprint density at radius 1 is 1.06 bits per heavy atom. The molecule has 0 spiro atoms. The van der Waals surface area contributed by atoms with E-state index in [1.54, 1.807) is 22.5 Å². The molecule has 0 saturated heterocycles. The van der Waals surface area contributed by atoms with Gasteiger partial charge in [0.15, 0.2) is 0 Å². The number of hydrogen-bond donors (Lipinski definition) is 1. The van der Waals surface area contributed by atoms with Crippen molar-refractivity contribution in [1.29, 1.82) is 0 Å². The lowest BCUT2D eigenvalue weighted by molar-refractivity contribution is -0.0503. The van der Waals surface area contributed by atoms with E-state index in [0.29, 0.717) is 29.0 Å². The van der Waals surface area contributed by atoms with Crippen LogP contribution >= 0.6 is 0 Å². The standard InChI is InChI=1S/C26H37N5O2/c1-29(2)8-5-9-30(3)25(33)21-16-31-22(6-4-7-23(31)28-21)24(32)27-17-26-13-18-10-19(14-26)12-20(11-18)15-26/h4,6-7,16,18-20H,5,8-15,17H2,1-3H3,(H,27,32). The molecule has 0 unspecified atom stereocenters. The number of pyridine rings is 1. The first-order chi connectivity index (χ1) is 15.8. The van der Waals surface area contributed by atoms with Crippen LogP contribution in [0.15, 0.2) is 24.4 Å². The number of nitrogens with one attached hydrogen (secondary N) is 1. The van der Waals surface area contributed by atoms with E-state index in [0.717, 1.165) is 37.3 Å². The minimum atomic E-state index is -0.114. The molecule has 0 radical (unpaired) electrons. The molecule has 4 bridgehead atoms. The maximum atomic E-state index is 13.2. The first-order valence-electron chi connectivity index (χ1n) is 12.5. The van der Waals surface area contributed by atoms with Crippen molar-refractivity contribution >= 4 is 17.5 Å². The normalized spacial score (nSPS) is 27.9. The number of carbonyl (C=O) groups excluding carboxylic acids is 2. The monoisotopic (exact) mass is 451 g/mol. The predicted molar refractivity (Wildman–Crippen MR) is 128 cm³/mol. The molecule has 0 atom stereocenters. The van der Waals surface area contributed by atoms with Crippen molar-refractivity contribution in [3.63, 3.8) is 0 Å². The highest BCUT2D eigenvalue weighted by molar-refractivity contribution is 5.95. The van der Waals surface area contributed by atoms with Crippen molar-refractivity contribution in [2.24, 2.45) is 23.2 Å². The van der Waals surface area contributed by atoms with E-state index >= 15 is 0 Å². The zero-order valence-electron chi connectivity index (χ0n) is 20.2. The van der Waals surface area contributed by atoms with E-state index in [9.17, 15) is 9.59 Å². The van der Waals surface area contributed by atoms with Crippen LogP contribution in [0.4, 0.5) is 0 Å². The molecule has 4 fully saturated rings. The summed E-state index contributed by atoms with van der Waals surface area (Å²) < 4.78 is 1.76. The summed E-state index contributed by atoms with van der Waals surface area (Å²) in [5.41, 5.74) is 1.84. The molecule has 0 aromatic carbocycles. The van der Waals surface area contributed by atoms with Crippen LogP contribution in [0.1, 0.15) is 65.9 Å². The van der Waals surface area contributed by atoms with Gasteiger partial charge < -0.3 is 15.1 Å². The molecule has 4 aliphatic rings. The van der Waals surface area contributed by atoms with Gasteiger partial charge in [-0.2, -0.15) is 0 Å². The first-order valence-corrected chi connectivity index (χ1v) is 12.5. The minimum absolute atomic E-state index is 0.0768. The fraction of sp³-hybridized carbons (Fsp3) is 0.654. The summed E-state index contributed by atoms with van der Waals surface area (Å²) in [6.45, 7) is 2.36. The second-order valence-corrected chi connectivity index (χ2v) is 11.2. The largest absolute Gasteiger partial charge is 0.350 e. The second-order valence-electron chi connectivity index (χ2n) is 11.2. The molecule has 2 heterocycles. The highest BCUT2D eigenvalue weighted by atomic mass is 16.2. The molecule has 7 heteroatoms. The van der Waals surface area contributed by atoms with Gasteiger partial charge in [0.05, 0.1) is 0 Å². The van der Waals surface area contributed by atoms with Crippen molar-refractivity contribution in [2.75, 3.05) is 40.8 Å². The third-order valence-electron chi connectivity index (χ3n) is 8.18. The van der Waals surface area contributed by atoms with Crippen molar-refractivity contribution < 1.29 is 9.59 Å². The second kappa shape index (κ2) is 8.75. The van der Waals surface area contributed by atoms with Gasteiger partial charge in [-0.25, -0.2) is 4.98 Å². The van der Waals surface area contributed by atoms with Gasteiger partial charge in [0.1, 0.15) is 17.0 Å². The van der Waals surface area contributed by atoms with Crippen molar-refractivity contribution in [3.8, 4) is 0 Å². The maximum absolute atomic E-state index is 13.2. The van der Waals surface area contributed by atoms with Gasteiger partial charge in [-0.15, -0.1) is 0 Å². The van der Waals surface area contributed by atoms with Crippen LogP contribution in [0.25, 0.3) is 5.65 Å². The fourth-order valence-electron chi connectivity index (χ4n) is 7.08. The molecule has 7 nitrogen and oxygen atoms in total. The van der Waals surface area contributed by atoms with Crippen molar-refractivity contribution in [3.05, 3.63) is 35.8 Å². The van der Waals surface area contributed by atoms with Crippen LogP contribution < -0.4 is 5.32 Å². The molecule has 178 valence electrons. The molecular weight excluding hydrogens is 414 g/mol. The summed E-state index contributed by atoms with van der Waals surface area (Å²) >= 11 is 0. The Labute approximate surface area is 196 Å². The molecule has 2 aromatic heterocycles. The number of carbonyl (C=O) groups is 2. The minimum Gasteiger partial charge on any atom is -0.350 e. The van der Waals surface area contributed by atoms with E-state index in [1.807, 2.05) is 32.3 Å². The zero-order valence-corrected chi connectivity index (χ0v) is 20.2. The van der Waals surface area contributed by atoms with Gasteiger partial charge in [-0.1, -0.05) is 6.07 Å². The summed E-state index contributed by atoms with van der Waals surface area (Å²) in [6, 6.07) is 5.51. The summed E-state index contributed by atoms with van der Waals surface area (Å²) in [6.07, 6.45) is 10.6. The SMILES string of the molecule is CN(C)CCCN(C)C(=O)c1cn2c(C(=O)NCC34CC5CC(CC(C5)C3)C4)cccc2n1. The molecule has 4 aliphatic carbocycles. The first kappa shape index (κ1) is 22.4. The molecule has 0 aliphatic heterocycles. The summed E-state index contributed by atoms with van der Waals surface area (Å²) in [7, 11) is 5.86. The van der Waals surface area contributed by atoms with Crippen LogP contribution in [-0.2, 0) is 0 Å². The lowest BCUT2D eigenvalue weighted by Crippen LogP contribution is -2.51. The highest BCUT2D eigenvalue weighted by Gasteiger charge is 2.50. The van der Waals surface area contributed by atoms with Gasteiger partial charge in [-0.3, -0.25) is 14.0 Å². The molecule has 4 saturated carbocycles. The van der Waals surface area contributed by atoms with E-state index in [-0.39, 0.29) is 11.8 Å². The third-order valence-corrected chi connectivity index (χ3v) is 8.18. The van der Waals surface area contributed by atoms with Crippen LogP contribution in [-0.4, -0.2) is 71.8 Å². The Hall–Kier alpha value is -2.41. The number of fused-ring (bicyclic) bond motifs is 1. The number of hydrogen-bond acceptors (Lipinski definition) is 4. The average Bonchev–Trinajstić information content (AvgIpc) is 3.20. The van der Waals surface area contributed by atoms with Gasteiger partial charge in [-0.05, 0) is 101 Å². The highest BCUT2D eigenvalue weighted by Crippen LogP contribution is 2.59. The number of nitrogens with zero attached hydrogens (tertiary/aromatic N) is 4. The quantitative estimate of drug-likeness (QED) is 0.669. The van der Waals surface area contributed by atoms with Crippen molar-refractivity contribution in [2.45, 2.75) is 44.9 Å². The lowest BCUT2D eigenvalue weighted by atomic mass is 9.49. The molecule has 1 N–H and O–H groups in total. The summed E-state index contributed by atoms with van der Waals surface area (Å²) in [5, 5.41) is 3.26. The maximum Gasteiger partial charge on any atom is 0.273 e. The fourth-order valence-corrected chi connectivity index (χ4v) is 7.08. The van der Waals surface area contributed by atoms with E-state index in [4.69, 9.17) is 0 Å². The van der Waals surface area contributed by atoms with E-state index in [1.165, 1.54) is 38.5 Å². The number of amides is 2. The van der Waals surface area contributed by atoms with Gasteiger partial charge >= 0.3 is 0 Å². The number of imidazole rings is 1. The van der Waals surface area contributed by atoms with E-state index in [2.05, 4.69) is 15.2 Å². The van der Waals surface area contributed by atoms with Crippen LogP contribution in [0.3, 0.4) is 0 Å². The molecular formula is C26H37N5O2. The van der Waals surface area contributed by atoms with Gasteiger partial charge in [0.2, 0.25) is 0 Å². The van der Waals surface area contributed by atoms with E-state index < -0.39 is 0 Å². The van der Waals surface area contributed by atoms with Gasteiger partial charge in [0, 0.05) is 26.3 Å². The Kier molecular flexibility index (Phi) is 5.93.